The lowest BCUT2D eigenvalue weighted by Crippen LogP contribution is -2.52. The van der Waals surface area contributed by atoms with Crippen LogP contribution in [0.25, 0.3) is 5.65 Å². The van der Waals surface area contributed by atoms with Crippen molar-refractivity contribution in [3.05, 3.63) is 35.3 Å². The van der Waals surface area contributed by atoms with Gasteiger partial charge in [0.2, 0.25) is 0 Å². The summed E-state index contributed by atoms with van der Waals surface area (Å²) in [6.45, 7) is 4.82. The Morgan fingerprint density at radius 2 is 2.17 bits per heavy atom. The standard InChI is InChI=1S/C19H25N3O2/c1-13-12-14(2)22-10-7-15(17(22)20-13)18(23)21-16-6-5-9-19(16)8-3-4-11-24-19/h7,10,12,16H,3-6,8-9,11H2,1-2H3,(H,21,23). The van der Waals surface area contributed by atoms with Gasteiger partial charge >= 0.3 is 0 Å². The Bertz CT molecular complexity index is 774. The number of aromatic nitrogens is 2. The van der Waals surface area contributed by atoms with Gasteiger partial charge in [0.15, 0.2) is 0 Å². The molecule has 2 unspecified atom stereocenters. The highest BCUT2D eigenvalue weighted by atomic mass is 16.5. The number of fused-ring (bicyclic) bond motifs is 1. The second-order valence-electron chi connectivity index (χ2n) is 7.25. The number of hydrogen-bond donors (Lipinski definition) is 1. The molecular weight excluding hydrogens is 302 g/mol. The molecule has 5 heteroatoms. The lowest BCUT2D eigenvalue weighted by molar-refractivity contribution is -0.0874. The van der Waals surface area contributed by atoms with Crippen LogP contribution in [0.3, 0.4) is 0 Å². The van der Waals surface area contributed by atoms with E-state index in [2.05, 4.69) is 10.3 Å². The van der Waals surface area contributed by atoms with Gasteiger partial charge in [0.05, 0.1) is 17.2 Å². The molecule has 3 heterocycles. The van der Waals surface area contributed by atoms with Gasteiger partial charge in [-0.2, -0.15) is 0 Å². The molecule has 2 atom stereocenters. The molecule has 5 nitrogen and oxygen atoms in total. The molecule has 1 N–H and O–H groups in total. The molecule has 1 aliphatic heterocycles. The third kappa shape index (κ3) is 2.51. The van der Waals surface area contributed by atoms with Crippen LogP contribution in [0, 0.1) is 13.8 Å². The first-order valence-corrected chi connectivity index (χ1v) is 8.99. The fourth-order valence-electron chi connectivity index (χ4n) is 4.40. The van der Waals surface area contributed by atoms with E-state index < -0.39 is 0 Å². The van der Waals surface area contributed by atoms with Gasteiger partial charge in [-0.05, 0) is 64.5 Å². The summed E-state index contributed by atoms with van der Waals surface area (Å²) < 4.78 is 8.12. The van der Waals surface area contributed by atoms with Gasteiger partial charge < -0.3 is 14.5 Å². The Morgan fingerprint density at radius 1 is 1.33 bits per heavy atom. The van der Waals surface area contributed by atoms with Crippen molar-refractivity contribution in [2.75, 3.05) is 6.61 Å². The molecule has 1 saturated carbocycles. The number of nitrogens with one attached hydrogen (secondary N) is 1. The van der Waals surface area contributed by atoms with Crippen LogP contribution in [0.2, 0.25) is 0 Å². The van der Waals surface area contributed by atoms with Crippen molar-refractivity contribution < 1.29 is 9.53 Å². The molecule has 0 bridgehead atoms. The average molecular weight is 327 g/mol. The second-order valence-corrected chi connectivity index (χ2v) is 7.25. The summed E-state index contributed by atoms with van der Waals surface area (Å²) in [5, 5.41) is 3.26. The van der Waals surface area contributed by atoms with Crippen LogP contribution >= 0.6 is 0 Å². The van der Waals surface area contributed by atoms with Crippen LogP contribution in [0.15, 0.2) is 18.3 Å². The summed E-state index contributed by atoms with van der Waals surface area (Å²) in [4.78, 5) is 17.5. The zero-order valence-electron chi connectivity index (χ0n) is 14.5. The van der Waals surface area contributed by atoms with E-state index in [9.17, 15) is 4.79 Å². The number of amides is 1. The van der Waals surface area contributed by atoms with Gasteiger partial charge in [0.1, 0.15) is 5.65 Å². The maximum Gasteiger partial charge on any atom is 0.255 e. The Morgan fingerprint density at radius 3 is 2.96 bits per heavy atom. The number of hydrogen-bond acceptors (Lipinski definition) is 3. The van der Waals surface area contributed by atoms with E-state index in [1.54, 1.807) is 0 Å². The molecule has 1 spiro atoms. The fraction of sp³-hybridized carbons (Fsp3) is 0.579. The number of rotatable bonds is 2. The van der Waals surface area contributed by atoms with Crippen molar-refractivity contribution in [1.29, 1.82) is 0 Å². The lowest BCUT2D eigenvalue weighted by atomic mass is 9.88. The molecule has 24 heavy (non-hydrogen) atoms. The minimum atomic E-state index is -0.136. The Balaban J connectivity index is 1.60. The van der Waals surface area contributed by atoms with E-state index in [0.29, 0.717) is 5.56 Å². The molecule has 1 saturated heterocycles. The van der Waals surface area contributed by atoms with E-state index in [4.69, 9.17) is 4.74 Å². The van der Waals surface area contributed by atoms with E-state index in [1.807, 2.05) is 36.6 Å². The van der Waals surface area contributed by atoms with Crippen LogP contribution in [-0.2, 0) is 4.74 Å². The second kappa shape index (κ2) is 5.88. The third-order valence-corrected chi connectivity index (χ3v) is 5.60. The van der Waals surface area contributed by atoms with Crippen molar-refractivity contribution >= 4 is 11.6 Å². The van der Waals surface area contributed by atoms with Gasteiger partial charge in [-0.1, -0.05) is 0 Å². The minimum Gasteiger partial charge on any atom is -0.373 e. The maximum atomic E-state index is 12.9. The summed E-state index contributed by atoms with van der Waals surface area (Å²) in [5.74, 6) is -0.0320. The van der Waals surface area contributed by atoms with Crippen LogP contribution in [0.1, 0.15) is 60.3 Å². The highest BCUT2D eigenvalue weighted by Crippen LogP contribution is 2.40. The smallest absolute Gasteiger partial charge is 0.255 e. The van der Waals surface area contributed by atoms with Crippen LogP contribution < -0.4 is 5.32 Å². The first-order valence-electron chi connectivity index (χ1n) is 8.99. The van der Waals surface area contributed by atoms with Crippen LogP contribution in [0.4, 0.5) is 0 Å². The molecule has 2 aliphatic rings. The quantitative estimate of drug-likeness (QED) is 0.922. The van der Waals surface area contributed by atoms with Crippen LogP contribution in [-0.4, -0.2) is 33.5 Å². The first-order chi connectivity index (χ1) is 11.6. The maximum absolute atomic E-state index is 12.9. The minimum absolute atomic E-state index is 0.0320. The molecule has 1 aliphatic carbocycles. The number of carbonyl (C=O) groups excluding carboxylic acids is 1. The number of nitrogens with zero attached hydrogens (tertiary/aromatic N) is 2. The molecule has 0 radical (unpaired) electrons. The van der Waals surface area contributed by atoms with Crippen molar-refractivity contribution in [2.24, 2.45) is 0 Å². The summed E-state index contributed by atoms with van der Waals surface area (Å²) in [5.41, 5.74) is 3.27. The topological polar surface area (TPSA) is 55.6 Å². The average Bonchev–Trinajstić information content (AvgIpc) is 3.13. The van der Waals surface area contributed by atoms with Gasteiger partial charge in [0, 0.05) is 24.2 Å². The highest BCUT2D eigenvalue weighted by molar-refractivity contribution is 6.00. The highest BCUT2D eigenvalue weighted by Gasteiger charge is 2.45. The van der Waals surface area contributed by atoms with Gasteiger partial charge in [-0.3, -0.25) is 4.79 Å². The number of aryl methyl sites for hydroxylation is 2. The van der Waals surface area contributed by atoms with E-state index in [-0.39, 0.29) is 17.6 Å². The van der Waals surface area contributed by atoms with E-state index >= 15 is 0 Å². The van der Waals surface area contributed by atoms with Crippen molar-refractivity contribution in [2.45, 2.75) is 64.0 Å². The Hall–Kier alpha value is -1.88. The number of carbonyl (C=O) groups is 1. The zero-order chi connectivity index (χ0) is 16.7. The normalized spacial score (nSPS) is 27.0. The van der Waals surface area contributed by atoms with E-state index in [0.717, 1.165) is 55.7 Å². The van der Waals surface area contributed by atoms with Gasteiger partial charge in [0.25, 0.3) is 5.91 Å². The molecule has 0 aromatic carbocycles. The van der Waals surface area contributed by atoms with Crippen molar-refractivity contribution in [3.63, 3.8) is 0 Å². The van der Waals surface area contributed by atoms with Crippen LogP contribution in [0.5, 0.6) is 0 Å². The molecular formula is C19H25N3O2. The summed E-state index contributed by atoms with van der Waals surface area (Å²) in [6, 6.07) is 4.01. The molecule has 2 aromatic heterocycles. The monoisotopic (exact) mass is 327 g/mol. The molecule has 2 fully saturated rings. The van der Waals surface area contributed by atoms with Crippen molar-refractivity contribution in [1.82, 2.24) is 14.7 Å². The largest absolute Gasteiger partial charge is 0.373 e. The lowest BCUT2D eigenvalue weighted by Gasteiger charge is -2.39. The third-order valence-electron chi connectivity index (χ3n) is 5.60. The predicted molar refractivity (Wildman–Crippen MR) is 92.3 cm³/mol. The fourth-order valence-corrected chi connectivity index (χ4v) is 4.40. The summed E-state index contributed by atoms with van der Waals surface area (Å²) >= 11 is 0. The molecule has 4 rings (SSSR count). The van der Waals surface area contributed by atoms with Gasteiger partial charge in [-0.15, -0.1) is 0 Å². The number of ether oxygens (including phenoxy) is 1. The van der Waals surface area contributed by atoms with Gasteiger partial charge in [-0.25, -0.2) is 4.98 Å². The van der Waals surface area contributed by atoms with E-state index in [1.165, 1.54) is 6.42 Å². The summed E-state index contributed by atoms with van der Waals surface area (Å²) in [7, 11) is 0. The Labute approximate surface area is 142 Å². The first kappa shape index (κ1) is 15.6. The molecule has 1 amide bonds. The predicted octanol–water partition coefficient (Wildman–Crippen LogP) is 3.17. The molecule has 128 valence electrons. The van der Waals surface area contributed by atoms with Crippen molar-refractivity contribution in [3.8, 4) is 0 Å². The summed E-state index contributed by atoms with van der Waals surface area (Å²) in [6.07, 6.45) is 8.50. The SMILES string of the molecule is Cc1cc(C)n2ccc(C(=O)NC3CCCC34CCCCO4)c2n1. The zero-order valence-corrected chi connectivity index (χ0v) is 14.5. The molecule has 2 aromatic rings. The Kier molecular flexibility index (Phi) is 3.83.